The van der Waals surface area contributed by atoms with Crippen LogP contribution >= 0.6 is 0 Å². The van der Waals surface area contributed by atoms with Crippen molar-refractivity contribution in [1.29, 1.82) is 0 Å². The van der Waals surface area contributed by atoms with Gasteiger partial charge < -0.3 is 18.3 Å². The molecule has 2 aliphatic carbocycles. The van der Waals surface area contributed by atoms with Crippen LogP contribution in [0.2, 0.25) is 0 Å². The Kier molecular flexibility index (Phi) is 15.2. The van der Waals surface area contributed by atoms with E-state index < -0.39 is 0 Å². The van der Waals surface area contributed by atoms with E-state index in [1.165, 1.54) is 226 Å². The molecule has 26 rings (SSSR count). The summed E-state index contributed by atoms with van der Waals surface area (Å²) in [4.78, 5) is 0. The third kappa shape index (κ3) is 10.6. The lowest BCUT2D eigenvalue weighted by atomic mass is 9.88. The van der Waals surface area contributed by atoms with Crippen LogP contribution in [0.1, 0.15) is 45.2 Å². The van der Waals surface area contributed by atoms with Crippen LogP contribution < -0.4 is 0 Å². The molecule has 2 unspecified atom stereocenters. The minimum Gasteiger partial charge on any atom is -0.309 e. The summed E-state index contributed by atoms with van der Waals surface area (Å²) >= 11 is 0. The van der Waals surface area contributed by atoms with Gasteiger partial charge in [-0.1, -0.05) is 303 Å². The molecule has 0 saturated carbocycles. The van der Waals surface area contributed by atoms with Gasteiger partial charge in [0.25, 0.3) is 0 Å². The summed E-state index contributed by atoms with van der Waals surface area (Å²) in [6.45, 7) is 0. The fraction of sp³-hybridized carbons (Fsp3) is 0.0172. The van der Waals surface area contributed by atoms with E-state index in [0.29, 0.717) is 0 Å². The first-order chi connectivity index (χ1) is 59.5. The zero-order chi connectivity index (χ0) is 78.6. The molecule has 4 heteroatoms. The van der Waals surface area contributed by atoms with Crippen molar-refractivity contribution in [3.8, 4) is 78.4 Å². The third-order valence-electron chi connectivity index (χ3n) is 26.1. The van der Waals surface area contributed by atoms with E-state index in [2.05, 4.69) is 455 Å². The highest BCUT2D eigenvalue weighted by molar-refractivity contribution is 6.17. The molecule has 4 nitrogen and oxygen atoms in total. The fourth-order valence-corrected chi connectivity index (χ4v) is 20.6. The third-order valence-corrected chi connectivity index (χ3v) is 26.1. The smallest absolute Gasteiger partial charge is 0.0544 e. The van der Waals surface area contributed by atoms with Gasteiger partial charge >= 0.3 is 0 Å². The molecule has 0 saturated heterocycles. The minimum atomic E-state index is 0.140. The Morgan fingerprint density at radius 1 is 0.142 bits per heavy atom. The summed E-state index contributed by atoms with van der Waals surface area (Å²) < 4.78 is 9.77. The highest BCUT2D eigenvalue weighted by Crippen LogP contribution is 2.54. The number of rotatable bonds is 9. The van der Waals surface area contributed by atoms with Gasteiger partial charge in [-0.05, 0) is 255 Å². The van der Waals surface area contributed by atoms with Crippen LogP contribution in [-0.2, 0) is 0 Å². The van der Waals surface area contributed by atoms with Gasteiger partial charge in [-0.3, -0.25) is 0 Å². The second-order valence-electron chi connectivity index (χ2n) is 32.6. The van der Waals surface area contributed by atoms with Gasteiger partial charge in [0.05, 0.1) is 44.1 Å². The van der Waals surface area contributed by atoms with Crippen LogP contribution in [0.25, 0.3) is 198 Å². The second kappa shape index (κ2) is 27.0. The zero-order valence-corrected chi connectivity index (χ0v) is 65.5. The molecular formula is C116H74N4. The van der Waals surface area contributed by atoms with Crippen molar-refractivity contribution in [3.63, 3.8) is 0 Å². The lowest BCUT2D eigenvalue weighted by Gasteiger charge is -2.16. The van der Waals surface area contributed by atoms with Crippen LogP contribution in [0.4, 0.5) is 0 Å². The Morgan fingerprint density at radius 2 is 0.450 bits per heavy atom. The van der Waals surface area contributed by atoms with E-state index in [-0.39, 0.29) is 11.8 Å². The van der Waals surface area contributed by atoms with E-state index >= 15 is 0 Å². The summed E-state index contributed by atoms with van der Waals surface area (Å²) in [7, 11) is 0. The van der Waals surface area contributed by atoms with Crippen LogP contribution in [0.5, 0.6) is 0 Å². The number of para-hydroxylation sites is 4. The van der Waals surface area contributed by atoms with Crippen LogP contribution in [0.15, 0.2) is 437 Å². The first kappa shape index (κ1) is 67.7. The standard InChI is InChI=1S/C59H38N2.C57H36N2/c1-3-13-38(14-4-1)40-23-25-41(26-24-40)59-49-21-10-9-19-47(49)50-36-53-52-35-44(29-32-57(52)60(58(53)37-54(50)59)45-17-5-2-6-18-45)43-28-31-56-51(34-43)48-20-11-12-22-55(48)61(56)46-30-27-39-15-7-8-16-42(39)33-46;1-2-16-43(17-3-1)58-55-29-26-41(40-25-28-54-49(32-40)46-19-10-11-21-53(46)59(54)44-27-24-37-13-5-7-15-39(37)31-44)33-50(55)51-34-48-45-18-8-9-20-47(45)57(52(48)35-56(51)58)42-23-22-36-12-4-6-14-38(36)30-42/h1-37,59H;1-35,57H. The Hall–Kier alpha value is -15.6. The van der Waals surface area contributed by atoms with Gasteiger partial charge in [-0.15, -0.1) is 0 Å². The minimum absolute atomic E-state index is 0.140. The predicted molar refractivity (Wildman–Crippen MR) is 505 cm³/mol. The van der Waals surface area contributed by atoms with Crippen LogP contribution in [0, 0.1) is 0 Å². The summed E-state index contributed by atoms with van der Waals surface area (Å²) in [6.07, 6.45) is 0. The van der Waals surface area contributed by atoms with Crippen LogP contribution in [-0.4, -0.2) is 18.3 Å². The Balaban J connectivity index is 0.000000133. The quantitative estimate of drug-likeness (QED) is 0.137. The van der Waals surface area contributed by atoms with E-state index in [9.17, 15) is 0 Å². The van der Waals surface area contributed by atoms with Crippen molar-refractivity contribution in [1.82, 2.24) is 18.3 Å². The van der Waals surface area contributed by atoms with E-state index in [0.717, 1.165) is 5.69 Å². The Labute approximate surface area is 693 Å². The average Bonchev–Trinajstić information content (AvgIpc) is 1.56. The molecule has 0 amide bonds. The fourth-order valence-electron chi connectivity index (χ4n) is 20.6. The van der Waals surface area contributed by atoms with E-state index in [1.807, 2.05) is 0 Å². The van der Waals surface area contributed by atoms with Crippen molar-refractivity contribution in [2.75, 3.05) is 0 Å². The molecule has 4 heterocycles. The SMILES string of the molecule is c1ccc(-c2ccc(C3c4ccccc4-c4cc5c6cc(-c7ccc8c(c7)c7ccccc7n8-c7ccc8ccccc8c7)ccc6n(-c6ccccc6)c5cc43)cc2)cc1.c1ccc(-n2c3ccc(-c4ccc5c(c4)c4ccccc4n5-c4ccc5ccccc5c4)cc3c3cc4c(cc32)C(c2ccc3ccccc3c2)c2ccccc2-4)cc1. The first-order valence-corrected chi connectivity index (χ1v) is 41.7. The molecule has 120 heavy (non-hydrogen) atoms. The molecule has 558 valence electrons. The van der Waals surface area contributed by atoms with Crippen molar-refractivity contribution in [2.45, 2.75) is 11.8 Å². The van der Waals surface area contributed by atoms with Crippen molar-refractivity contribution < 1.29 is 0 Å². The second-order valence-corrected chi connectivity index (χ2v) is 32.6. The van der Waals surface area contributed by atoms with Gasteiger partial charge in [0.15, 0.2) is 0 Å². The summed E-state index contributed by atoms with van der Waals surface area (Å²) in [5.41, 5.74) is 35.1. The molecule has 0 aliphatic heterocycles. The van der Waals surface area contributed by atoms with Crippen molar-refractivity contribution in [3.05, 3.63) is 470 Å². The number of benzene rings is 20. The van der Waals surface area contributed by atoms with Gasteiger partial charge in [0, 0.05) is 77.7 Å². The number of hydrogen-bond acceptors (Lipinski definition) is 0. The highest BCUT2D eigenvalue weighted by atomic mass is 15.0. The summed E-state index contributed by atoms with van der Waals surface area (Å²) in [5.74, 6) is 0.290. The van der Waals surface area contributed by atoms with Crippen molar-refractivity contribution >= 4 is 120 Å². The first-order valence-electron chi connectivity index (χ1n) is 41.7. The zero-order valence-electron chi connectivity index (χ0n) is 65.5. The summed E-state index contributed by atoms with van der Waals surface area (Å²) in [5, 5.41) is 17.6. The molecule has 0 fully saturated rings. The number of fused-ring (bicyclic) bond motifs is 21. The maximum atomic E-state index is 2.49. The molecule has 0 N–H and O–H groups in total. The maximum absolute atomic E-state index is 2.49. The monoisotopic (exact) mass is 1520 g/mol. The molecule has 4 aromatic heterocycles. The topological polar surface area (TPSA) is 19.7 Å². The number of hydrogen-bond donors (Lipinski definition) is 0. The molecular weight excluding hydrogens is 1450 g/mol. The van der Waals surface area contributed by atoms with Gasteiger partial charge in [-0.25, -0.2) is 0 Å². The number of nitrogens with zero attached hydrogens (tertiary/aromatic N) is 4. The molecule has 2 atom stereocenters. The highest BCUT2D eigenvalue weighted by Gasteiger charge is 2.34. The normalized spacial score (nSPS) is 13.5. The molecule has 2 aliphatic rings. The largest absolute Gasteiger partial charge is 0.309 e. The predicted octanol–water partition coefficient (Wildman–Crippen LogP) is 30.5. The maximum Gasteiger partial charge on any atom is 0.0544 e. The molecule has 0 bridgehead atoms. The van der Waals surface area contributed by atoms with Crippen LogP contribution in [0.3, 0.4) is 0 Å². The van der Waals surface area contributed by atoms with Gasteiger partial charge in [-0.2, -0.15) is 0 Å². The summed E-state index contributed by atoms with van der Waals surface area (Å²) in [6, 6.07) is 162. The average molecular weight is 1520 g/mol. The van der Waals surface area contributed by atoms with E-state index in [4.69, 9.17) is 0 Å². The molecule has 20 aromatic carbocycles. The van der Waals surface area contributed by atoms with Crippen molar-refractivity contribution in [2.24, 2.45) is 0 Å². The lowest BCUT2D eigenvalue weighted by Crippen LogP contribution is -2.00. The van der Waals surface area contributed by atoms with E-state index in [1.54, 1.807) is 0 Å². The molecule has 0 spiro atoms. The molecule has 24 aromatic rings. The van der Waals surface area contributed by atoms with Gasteiger partial charge in [0.2, 0.25) is 0 Å². The molecule has 0 radical (unpaired) electrons. The number of aromatic nitrogens is 4. The Morgan fingerprint density at radius 3 is 0.900 bits per heavy atom. The van der Waals surface area contributed by atoms with Gasteiger partial charge in [0.1, 0.15) is 0 Å². The Bertz CT molecular complexity index is 8340. The lowest BCUT2D eigenvalue weighted by molar-refractivity contribution is 1.01.